The zero-order chi connectivity index (χ0) is 16.2. The van der Waals surface area contributed by atoms with Crippen LogP contribution in [0.15, 0.2) is 54.1 Å². The van der Waals surface area contributed by atoms with E-state index in [1.165, 1.54) is 31.3 Å². The van der Waals surface area contributed by atoms with Crippen molar-refractivity contribution in [3.05, 3.63) is 65.3 Å². The van der Waals surface area contributed by atoms with E-state index in [2.05, 4.69) is 5.32 Å². The molecule has 1 amide bonds. The minimum Gasteiger partial charge on any atom is -0.355 e. The lowest BCUT2D eigenvalue weighted by molar-refractivity contribution is -0.116. The Morgan fingerprint density at radius 1 is 1.23 bits per heavy atom. The minimum absolute atomic E-state index is 0.242. The van der Waals surface area contributed by atoms with Gasteiger partial charge in [0.2, 0.25) is 0 Å². The second-order valence-corrected chi connectivity index (χ2v) is 4.88. The van der Waals surface area contributed by atoms with Crippen molar-refractivity contribution in [2.45, 2.75) is 12.3 Å². The van der Waals surface area contributed by atoms with Crippen LogP contribution in [0.4, 0.5) is 13.2 Å². The number of carbonyl (C=O) groups is 1. The van der Waals surface area contributed by atoms with Crippen molar-refractivity contribution in [2.75, 3.05) is 13.7 Å². The third-order valence-corrected chi connectivity index (χ3v) is 3.45. The molecule has 0 spiro atoms. The number of rotatable bonds is 4. The molecule has 0 saturated carbocycles. The summed E-state index contributed by atoms with van der Waals surface area (Å²) < 4.78 is 39.0. The van der Waals surface area contributed by atoms with Crippen molar-refractivity contribution in [2.24, 2.45) is 0 Å². The van der Waals surface area contributed by atoms with Gasteiger partial charge in [-0.3, -0.25) is 4.79 Å². The number of amides is 1. The van der Waals surface area contributed by atoms with Crippen LogP contribution in [0.3, 0.4) is 0 Å². The van der Waals surface area contributed by atoms with Crippen molar-refractivity contribution in [1.29, 1.82) is 0 Å². The summed E-state index contributed by atoms with van der Waals surface area (Å²) in [6.07, 6.45) is 7.65. The first-order chi connectivity index (χ1) is 10.5. The smallest absolute Gasteiger partial charge is 0.301 e. The van der Waals surface area contributed by atoms with Crippen molar-refractivity contribution < 1.29 is 18.0 Å². The Hall–Kier alpha value is -2.30. The molecule has 1 aliphatic rings. The zero-order valence-electron chi connectivity index (χ0n) is 12.1. The van der Waals surface area contributed by atoms with E-state index >= 15 is 0 Å². The Morgan fingerprint density at radius 2 is 1.91 bits per heavy atom. The Bertz CT molecular complexity index is 642. The zero-order valence-corrected chi connectivity index (χ0v) is 12.1. The maximum absolute atomic E-state index is 13.3. The van der Waals surface area contributed by atoms with Gasteiger partial charge in [-0.05, 0) is 23.6 Å². The summed E-state index contributed by atoms with van der Waals surface area (Å²) in [7, 11) is 1.53. The summed E-state index contributed by atoms with van der Waals surface area (Å²) in [5.74, 6) is -3.73. The van der Waals surface area contributed by atoms with Crippen LogP contribution in [0.5, 0.6) is 0 Å². The highest BCUT2D eigenvalue weighted by molar-refractivity contribution is 6.04. The Balaban J connectivity index is 2.44. The molecule has 0 aliphatic heterocycles. The third-order valence-electron chi connectivity index (χ3n) is 3.45. The topological polar surface area (TPSA) is 29.1 Å². The molecule has 0 aromatic heterocycles. The van der Waals surface area contributed by atoms with Gasteiger partial charge in [-0.1, -0.05) is 42.5 Å². The third kappa shape index (κ3) is 3.30. The van der Waals surface area contributed by atoms with Gasteiger partial charge in [-0.15, -0.1) is 0 Å². The highest BCUT2D eigenvalue weighted by Crippen LogP contribution is 2.31. The van der Waals surface area contributed by atoms with E-state index < -0.39 is 12.6 Å². The van der Waals surface area contributed by atoms with Crippen LogP contribution in [0.25, 0.3) is 5.57 Å². The van der Waals surface area contributed by atoms with Crippen LogP contribution >= 0.6 is 0 Å². The summed E-state index contributed by atoms with van der Waals surface area (Å²) >= 11 is 0. The van der Waals surface area contributed by atoms with Crippen LogP contribution < -0.4 is 5.32 Å². The maximum Gasteiger partial charge on any atom is 0.301 e. The normalized spacial score (nSPS) is 14.9. The number of halogens is 3. The molecule has 0 unspecified atom stereocenters. The second kappa shape index (κ2) is 6.64. The molecule has 5 heteroatoms. The van der Waals surface area contributed by atoms with E-state index in [4.69, 9.17) is 0 Å². The Labute approximate surface area is 127 Å². The molecular formula is C17H16F3NO. The van der Waals surface area contributed by atoms with Crippen molar-refractivity contribution >= 4 is 11.5 Å². The predicted octanol–water partition coefficient (Wildman–Crippen LogP) is 3.76. The van der Waals surface area contributed by atoms with Crippen molar-refractivity contribution in [3.63, 3.8) is 0 Å². The molecule has 0 radical (unpaired) electrons. The van der Waals surface area contributed by atoms with Crippen LogP contribution in [0, 0.1) is 0 Å². The monoisotopic (exact) mass is 307 g/mol. The molecule has 0 saturated heterocycles. The predicted molar refractivity (Wildman–Crippen MR) is 80.2 cm³/mol. The largest absolute Gasteiger partial charge is 0.355 e. The molecule has 22 heavy (non-hydrogen) atoms. The SMILES string of the molecule is CNC(=O)C1=C(c2ccc(C(F)(F)CF)cc2)CC=CC=C1. The van der Waals surface area contributed by atoms with E-state index in [1.54, 1.807) is 12.2 Å². The fraction of sp³-hybridized carbons (Fsp3) is 0.235. The molecule has 0 heterocycles. The van der Waals surface area contributed by atoms with Crippen LogP contribution in [0.1, 0.15) is 17.5 Å². The number of hydrogen-bond acceptors (Lipinski definition) is 1. The molecule has 116 valence electrons. The highest BCUT2D eigenvalue weighted by atomic mass is 19.3. The average molecular weight is 307 g/mol. The van der Waals surface area contributed by atoms with E-state index in [-0.39, 0.29) is 11.5 Å². The standard InChI is InChI=1S/C17H16F3NO/c1-21-16(22)15-6-4-2-3-5-14(15)12-7-9-13(10-8-12)17(19,20)11-18/h2-4,6-10H,5,11H2,1H3,(H,21,22). The number of hydrogen-bond donors (Lipinski definition) is 1. The molecule has 0 fully saturated rings. The first-order valence-electron chi connectivity index (χ1n) is 6.82. The van der Waals surface area contributed by atoms with E-state index in [0.717, 1.165) is 5.57 Å². The summed E-state index contributed by atoms with van der Waals surface area (Å²) in [5.41, 5.74) is 1.51. The minimum atomic E-state index is -3.49. The fourth-order valence-corrected chi connectivity index (χ4v) is 2.24. The molecule has 1 aliphatic carbocycles. The van der Waals surface area contributed by atoms with Gasteiger partial charge in [-0.2, -0.15) is 8.78 Å². The van der Waals surface area contributed by atoms with Gasteiger partial charge in [0.25, 0.3) is 5.91 Å². The van der Waals surface area contributed by atoms with Gasteiger partial charge in [0.1, 0.15) is 0 Å². The lowest BCUT2D eigenvalue weighted by Gasteiger charge is -2.14. The summed E-state index contributed by atoms with van der Waals surface area (Å²) in [5, 5.41) is 2.56. The fourth-order valence-electron chi connectivity index (χ4n) is 2.24. The van der Waals surface area contributed by atoms with E-state index in [9.17, 15) is 18.0 Å². The molecule has 1 aromatic rings. The number of carbonyl (C=O) groups excluding carboxylic acids is 1. The summed E-state index contributed by atoms with van der Waals surface area (Å²) in [6, 6.07) is 5.37. The van der Waals surface area contributed by atoms with Crippen LogP contribution in [-0.2, 0) is 10.7 Å². The van der Waals surface area contributed by atoms with Gasteiger partial charge in [0.05, 0.1) is 0 Å². The summed E-state index contributed by atoms with van der Waals surface area (Å²) in [6.45, 7) is -1.73. The lowest BCUT2D eigenvalue weighted by Crippen LogP contribution is -2.20. The Morgan fingerprint density at radius 3 is 2.50 bits per heavy atom. The second-order valence-electron chi connectivity index (χ2n) is 4.88. The molecule has 0 bridgehead atoms. The number of nitrogens with one attached hydrogen (secondary N) is 1. The average Bonchev–Trinajstić information content (AvgIpc) is 2.80. The maximum atomic E-state index is 13.3. The molecule has 1 aromatic carbocycles. The van der Waals surface area contributed by atoms with Gasteiger partial charge in [0.15, 0.2) is 6.67 Å². The number of allylic oxidation sites excluding steroid dienone is 4. The van der Waals surface area contributed by atoms with Crippen molar-refractivity contribution in [1.82, 2.24) is 5.32 Å². The molecule has 2 rings (SSSR count). The first kappa shape index (κ1) is 16.1. The quantitative estimate of drug-likeness (QED) is 0.901. The molecule has 0 atom stereocenters. The van der Waals surface area contributed by atoms with E-state index in [0.29, 0.717) is 17.6 Å². The van der Waals surface area contributed by atoms with Crippen molar-refractivity contribution in [3.8, 4) is 0 Å². The number of likely N-dealkylation sites (N-methyl/N-ethyl adjacent to an activating group) is 1. The Kier molecular flexibility index (Phi) is 4.85. The van der Waals surface area contributed by atoms with Crippen LogP contribution in [-0.4, -0.2) is 19.6 Å². The van der Waals surface area contributed by atoms with Crippen LogP contribution in [0.2, 0.25) is 0 Å². The first-order valence-corrected chi connectivity index (χ1v) is 6.82. The summed E-state index contributed by atoms with van der Waals surface area (Å²) in [4.78, 5) is 12.0. The van der Waals surface area contributed by atoms with Gasteiger partial charge < -0.3 is 5.32 Å². The molecular weight excluding hydrogens is 291 g/mol. The molecule has 2 nitrogen and oxygen atoms in total. The van der Waals surface area contributed by atoms with Gasteiger partial charge in [-0.25, -0.2) is 4.39 Å². The van der Waals surface area contributed by atoms with E-state index in [1.807, 2.05) is 12.2 Å². The molecule has 1 N–H and O–H groups in total. The van der Waals surface area contributed by atoms with Gasteiger partial charge >= 0.3 is 5.92 Å². The van der Waals surface area contributed by atoms with Gasteiger partial charge in [0, 0.05) is 18.2 Å². The number of alkyl halides is 3. The highest BCUT2D eigenvalue weighted by Gasteiger charge is 2.31. The number of benzene rings is 1. The lowest BCUT2D eigenvalue weighted by atomic mass is 9.95.